The number of piperidine rings is 3. The number of nitrogens with one attached hydrogen (secondary N) is 3. The molecule has 2 atom stereocenters. The molecule has 66 heavy (non-hydrogen) atoms. The van der Waals surface area contributed by atoms with Crippen molar-refractivity contribution in [2.24, 2.45) is 5.92 Å². The maximum atomic E-state index is 15.7. The highest BCUT2D eigenvalue weighted by Gasteiger charge is 2.40. The topological polar surface area (TPSA) is 194 Å². The van der Waals surface area contributed by atoms with E-state index in [4.69, 9.17) is 0 Å². The Kier molecular flexibility index (Phi) is 11.6. The first-order valence-corrected chi connectivity index (χ1v) is 23.7. The molecule has 1 unspecified atom stereocenters. The highest BCUT2D eigenvalue weighted by atomic mass is 32.2. The summed E-state index contributed by atoms with van der Waals surface area (Å²) in [6.45, 7) is 4.59. The minimum absolute atomic E-state index is 0.00422. The predicted molar refractivity (Wildman–Crippen MR) is 236 cm³/mol. The quantitative estimate of drug-likeness (QED) is 0.118. The van der Waals surface area contributed by atoms with Gasteiger partial charge in [-0.2, -0.15) is 12.7 Å². The van der Waals surface area contributed by atoms with Crippen LogP contribution >= 0.6 is 0 Å². The summed E-state index contributed by atoms with van der Waals surface area (Å²) in [6.07, 6.45) is 9.60. The first-order valence-electron chi connectivity index (χ1n) is 22.3. The summed E-state index contributed by atoms with van der Waals surface area (Å²) in [6, 6.07) is 8.74. The summed E-state index contributed by atoms with van der Waals surface area (Å²) in [5.41, 5.74) is 2.71. The summed E-state index contributed by atoms with van der Waals surface area (Å²) < 4.78 is 73.0. The van der Waals surface area contributed by atoms with E-state index in [1.165, 1.54) is 18.0 Å². The molecule has 344 valence electrons. The van der Waals surface area contributed by atoms with Gasteiger partial charge < -0.3 is 19.7 Å². The average molecular weight is 925 g/mol. The number of benzene rings is 2. The van der Waals surface area contributed by atoms with Gasteiger partial charge in [-0.05, 0) is 98.8 Å². The van der Waals surface area contributed by atoms with Crippen molar-refractivity contribution in [1.82, 2.24) is 39.4 Å². The first-order chi connectivity index (χ1) is 31.8. The molecule has 4 saturated heterocycles. The van der Waals surface area contributed by atoms with Gasteiger partial charge in [-0.25, -0.2) is 28.1 Å². The van der Waals surface area contributed by atoms with Gasteiger partial charge in [-0.3, -0.25) is 29.2 Å². The Labute approximate surface area is 378 Å². The molecule has 8 heterocycles. The van der Waals surface area contributed by atoms with Crippen LogP contribution in [0.5, 0.6) is 0 Å². The van der Waals surface area contributed by atoms with Crippen LogP contribution in [-0.4, -0.2) is 124 Å². The Hall–Kier alpha value is -6.25. The number of nitrogens with zero attached hydrogens (tertiary/aromatic N) is 7. The number of aromatic nitrogens is 4. The van der Waals surface area contributed by atoms with Crippen molar-refractivity contribution >= 4 is 56.1 Å². The summed E-state index contributed by atoms with van der Waals surface area (Å²) in [5.74, 6) is -3.21. The van der Waals surface area contributed by atoms with Crippen molar-refractivity contribution in [1.29, 1.82) is 0 Å². The number of hydrogen-bond acceptors (Lipinski definition) is 11. The number of pyridine rings is 1. The van der Waals surface area contributed by atoms with Gasteiger partial charge in [0.25, 0.3) is 5.91 Å². The molecule has 10 rings (SSSR count). The van der Waals surface area contributed by atoms with E-state index in [2.05, 4.69) is 47.2 Å². The number of alkyl halides is 1. The fourth-order valence-corrected chi connectivity index (χ4v) is 11.3. The molecule has 0 bridgehead atoms. The van der Waals surface area contributed by atoms with E-state index in [-0.39, 0.29) is 47.8 Å². The number of likely N-dealkylation sites (tertiary alicyclic amines) is 1. The highest BCUT2D eigenvalue weighted by molar-refractivity contribution is 7.90. The molecule has 2 aromatic carbocycles. The maximum absolute atomic E-state index is 15.7. The van der Waals surface area contributed by atoms with Gasteiger partial charge >= 0.3 is 10.2 Å². The minimum atomic E-state index is -4.37. The van der Waals surface area contributed by atoms with E-state index < -0.39 is 63.5 Å². The number of amides is 3. The van der Waals surface area contributed by atoms with Crippen molar-refractivity contribution in [3.8, 4) is 11.4 Å². The predicted octanol–water partition coefficient (Wildman–Crippen LogP) is 5.09. The number of imide groups is 1. The van der Waals surface area contributed by atoms with Crippen LogP contribution in [0.1, 0.15) is 88.3 Å². The zero-order valence-electron chi connectivity index (χ0n) is 35.8. The Morgan fingerprint density at radius 3 is 2.38 bits per heavy atom. The molecule has 5 aliphatic heterocycles. The number of aromatic amines is 1. The van der Waals surface area contributed by atoms with Gasteiger partial charge in [0.1, 0.15) is 23.7 Å². The Bertz CT molecular complexity index is 2870. The Morgan fingerprint density at radius 2 is 1.65 bits per heavy atom. The summed E-state index contributed by atoms with van der Waals surface area (Å²) >= 11 is 0. The van der Waals surface area contributed by atoms with Crippen LogP contribution in [0.3, 0.4) is 0 Å². The first kappa shape index (κ1) is 43.6. The normalized spacial score (nSPS) is 21.5. The lowest BCUT2D eigenvalue weighted by atomic mass is 9.87. The zero-order chi connectivity index (χ0) is 45.9. The van der Waals surface area contributed by atoms with E-state index in [0.717, 1.165) is 86.1 Å². The number of carbonyl (C=O) groups excluding carboxylic acids is 4. The van der Waals surface area contributed by atoms with Gasteiger partial charge in [-0.1, -0.05) is 12.1 Å². The van der Waals surface area contributed by atoms with Crippen molar-refractivity contribution in [3.63, 3.8) is 0 Å². The third-order valence-electron chi connectivity index (χ3n) is 13.8. The van der Waals surface area contributed by atoms with E-state index in [1.54, 1.807) is 23.4 Å². The second kappa shape index (κ2) is 17.5. The number of hydrogen-bond donors (Lipinski definition) is 3. The molecule has 16 nitrogen and oxygen atoms in total. The summed E-state index contributed by atoms with van der Waals surface area (Å²) in [7, 11) is -4.37. The molecular formula is C46H47F3N10O6S. The van der Waals surface area contributed by atoms with Crippen LogP contribution < -0.4 is 14.9 Å². The lowest BCUT2D eigenvalue weighted by Gasteiger charge is -2.38. The summed E-state index contributed by atoms with van der Waals surface area (Å²) in [4.78, 5) is 73.9. The van der Waals surface area contributed by atoms with Gasteiger partial charge in [0.2, 0.25) is 17.6 Å². The fourth-order valence-electron chi connectivity index (χ4n) is 10.1. The standard InChI is InChI=1S/C46H47F3N10O6S/c47-31-11-16-58(25-31)66(64,65)55-37-4-3-36(48)40(41(37)49)42(61)35-22-53-44-34(35)18-29(19-50-44)43-51-20-32(21-52-43)57-14-7-26(8-15-57)23-56-12-9-27(10-13-56)28-1-2-33-30(17-28)24-59(46(33)63)38-5-6-39(60)54-45(38)62/h1-4,17-22,26-27,31,38,55H,5-16,23-25H2,(H,50,53)(H,54,60,62)/t31-,38?/m1/s1. The lowest BCUT2D eigenvalue weighted by molar-refractivity contribution is -0.136. The largest absolute Gasteiger partial charge is 0.369 e. The molecule has 0 saturated carbocycles. The van der Waals surface area contributed by atoms with Crippen molar-refractivity contribution in [3.05, 3.63) is 101 Å². The molecule has 0 radical (unpaired) electrons. The van der Waals surface area contributed by atoms with Crippen LogP contribution in [0.25, 0.3) is 22.4 Å². The van der Waals surface area contributed by atoms with Gasteiger partial charge in [0.15, 0.2) is 11.6 Å². The number of rotatable bonds is 11. The minimum Gasteiger partial charge on any atom is -0.369 e. The number of H-pyrrole nitrogens is 1. The molecule has 5 aliphatic rings. The van der Waals surface area contributed by atoms with E-state index in [9.17, 15) is 32.0 Å². The molecule has 0 spiro atoms. The smallest absolute Gasteiger partial charge is 0.301 e. The van der Waals surface area contributed by atoms with Crippen LogP contribution in [0, 0.1) is 17.6 Å². The number of ketones is 1. The molecule has 5 aromatic rings. The van der Waals surface area contributed by atoms with Gasteiger partial charge in [0, 0.05) is 80.2 Å². The lowest BCUT2D eigenvalue weighted by Crippen LogP contribution is -2.52. The number of halogens is 3. The third kappa shape index (κ3) is 8.41. The van der Waals surface area contributed by atoms with Crippen molar-refractivity contribution in [2.45, 2.75) is 69.6 Å². The highest BCUT2D eigenvalue weighted by Crippen LogP contribution is 2.35. The van der Waals surface area contributed by atoms with Crippen LogP contribution in [-0.2, 0) is 26.3 Å². The van der Waals surface area contributed by atoms with E-state index >= 15 is 8.78 Å². The van der Waals surface area contributed by atoms with Gasteiger partial charge in [-0.15, -0.1) is 0 Å². The SMILES string of the molecule is O=C1CCC(N2Cc3cc(C4CCN(CC5CCN(c6cnc(-c7cnc8[nH]cc(C(=O)c9c(F)ccc(NS(=O)(=O)N%10CC[C@@H](F)C%10)c9F)c8c7)nc6)CC5)CC4)ccc3C2=O)C(=O)N1. The molecule has 3 aromatic heterocycles. The van der Waals surface area contributed by atoms with E-state index in [0.29, 0.717) is 41.8 Å². The molecule has 3 N–H and O–H groups in total. The molecular weight excluding hydrogens is 878 g/mol. The number of anilines is 2. The van der Waals surface area contributed by atoms with Crippen molar-refractivity contribution in [2.75, 3.05) is 55.4 Å². The van der Waals surface area contributed by atoms with Crippen LogP contribution in [0.4, 0.5) is 24.5 Å². The molecule has 3 amide bonds. The molecule has 20 heteroatoms. The van der Waals surface area contributed by atoms with Crippen molar-refractivity contribution < 1.29 is 40.8 Å². The average Bonchev–Trinajstić information content (AvgIpc) is 4.04. The second-order valence-electron chi connectivity index (χ2n) is 17.9. The van der Waals surface area contributed by atoms with E-state index in [1.807, 2.05) is 10.8 Å². The zero-order valence-corrected chi connectivity index (χ0v) is 36.6. The second-order valence-corrected chi connectivity index (χ2v) is 19.5. The molecule has 0 aliphatic carbocycles. The number of carbonyl (C=O) groups is 4. The van der Waals surface area contributed by atoms with Crippen LogP contribution in [0.2, 0.25) is 0 Å². The monoisotopic (exact) mass is 924 g/mol. The maximum Gasteiger partial charge on any atom is 0.301 e. The molecule has 4 fully saturated rings. The number of fused-ring (bicyclic) bond motifs is 2. The van der Waals surface area contributed by atoms with Crippen LogP contribution in [0.15, 0.2) is 61.2 Å². The Morgan fingerprint density at radius 1 is 0.879 bits per heavy atom. The fraction of sp³-hybridized carbons (Fsp3) is 0.413. The third-order valence-corrected chi connectivity index (χ3v) is 15.3. The Balaban J connectivity index is 0.730. The van der Waals surface area contributed by atoms with Gasteiger partial charge in [0.05, 0.1) is 29.3 Å². The summed E-state index contributed by atoms with van der Waals surface area (Å²) in [5, 5.41) is 2.62.